The second kappa shape index (κ2) is 5.09. The number of nitrogens with zero attached hydrogens (tertiary/aromatic N) is 1. The van der Waals surface area contributed by atoms with Gasteiger partial charge in [0.2, 0.25) is 0 Å². The Bertz CT molecular complexity index is 703. The molecule has 20 heavy (non-hydrogen) atoms. The highest BCUT2D eigenvalue weighted by molar-refractivity contribution is 6.31. The van der Waals surface area contributed by atoms with Gasteiger partial charge < -0.3 is 4.84 Å². The van der Waals surface area contributed by atoms with Gasteiger partial charge in [0.1, 0.15) is 11.5 Å². The number of oxime groups is 1. The summed E-state index contributed by atoms with van der Waals surface area (Å²) in [6.45, 7) is 0. The molecule has 0 radical (unpaired) electrons. The van der Waals surface area contributed by atoms with Crippen molar-refractivity contribution in [2.24, 2.45) is 5.16 Å². The van der Waals surface area contributed by atoms with E-state index in [0.29, 0.717) is 16.8 Å². The van der Waals surface area contributed by atoms with Crippen molar-refractivity contribution in [3.05, 3.63) is 77.1 Å². The van der Waals surface area contributed by atoms with Crippen LogP contribution in [0.1, 0.15) is 11.1 Å². The van der Waals surface area contributed by atoms with Gasteiger partial charge in [-0.1, -0.05) is 47.6 Å². The molecule has 0 bridgehead atoms. The maximum atomic E-state index is 12.9. The first kappa shape index (κ1) is 12.3. The number of hydrogen-bond acceptors (Lipinski definition) is 3. The van der Waals surface area contributed by atoms with Gasteiger partial charge in [-0.05, 0) is 23.8 Å². The highest BCUT2D eigenvalue weighted by Gasteiger charge is 2.26. The molecule has 1 aliphatic heterocycles. The van der Waals surface area contributed by atoms with Crippen molar-refractivity contribution < 1.29 is 14.0 Å². The minimum atomic E-state index is -0.506. The van der Waals surface area contributed by atoms with E-state index in [4.69, 9.17) is 4.84 Å². The molecule has 0 atom stereocenters. The molecule has 4 heteroatoms. The van der Waals surface area contributed by atoms with E-state index in [1.54, 1.807) is 18.2 Å². The summed E-state index contributed by atoms with van der Waals surface area (Å²) in [5, 5.41) is 3.81. The van der Waals surface area contributed by atoms with Crippen LogP contribution in [0.5, 0.6) is 0 Å². The predicted molar refractivity (Wildman–Crippen MR) is 73.4 cm³/mol. The van der Waals surface area contributed by atoms with Crippen molar-refractivity contribution in [2.45, 2.75) is 0 Å². The van der Waals surface area contributed by atoms with Crippen molar-refractivity contribution in [3.63, 3.8) is 0 Å². The van der Waals surface area contributed by atoms with Gasteiger partial charge in [0.15, 0.2) is 0 Å². The predicted octanol–water partition coefficient (Wildman–Crippen LogP) is 3.17. The van der Waals surface area contributed by atoms with Crippen molar-refractivity contribution in [3.8, 4) is 0 Å². The molecule has 0 saturated heterocycles. The summed E-state index contributed by atoms with van der Waals surface area (Å²) in [5.41, 5.74) is 2.36. The Kier molecular flexibility index (Phi) is 3.13. The number of halogens is 1. The Labute approximate surface area is 115 Å². The van der Waals surface area contributed by atoms with Crippen molar-refractivity contribution in [1.82, 2.24) is 0 Å². The minimum Gasteiger partial charge on any atom is -0.312 e. The van der Waals surface area contributed by atoms with Crippen molar-refractivity contribution in [1.29, 1.82) is 0 Å². The van der Waals surface area contributed by atoms with Gasteiger partial charge >= 0.3 is 5.97 Å². The van der Waals surface area contributed by atoms with E-state index >= 15 is 0 Å². The van der Waals surface area contributed by atoms with Gasteiger partial charge in [-0.25, -0.2) is 9.18 Å². The van der Waals surface area contributed by atoms with E-state index in [9.17, 15) is 9.18 Å². The first-order valence-electron chi connectivity index (χ1n) is 6.06. The van der Waals surface area contributed by atoms with Crippen LogP contribution < -0.4 is 0 Å². The second-order valence-electron chi connectivity index (χ2n) is 4.29. The van der Waals surface area contributed by atoms with Gasteiger partial charge in [0.05, 0.1) is 5.57 Å². The maximum Gasteiger partial charge on any atom is 0.368 e. The van der Waals surface area contributed by atoms with Crippen LogP contribution >= 0.6 is 0 Å². The van der Waals surface area contributed by atoms with Gasteiger partial charge in [-0.15, -0.1) is 0 Å². The van der Waals surface area contributed by atoms with Gasteiger partial charge in [0, 0.05) is 5.56 Å². The maximum absolute atomic E-state index is 12.9. The summed E-state index contributed by atoms with van der Waals surface area (Å²) in [7, 11) is 0. The molecule has 98 valence electrons. The second-order valence-corrected chi connectivity index (χ2v) is 4.29. The van der Waals surface area contributed by atoms with Crippen LogP contribution in [0.15, 0.2) is 65.3 Å². The van der Waals surface area contributed by atoms with Crippen LogP contribution in [0.2, 0.25) is 0 Å². The zero-order chi connectivity index (χ0) is 13.9. The Hall–Kier alpha value is -2.75. The third-order valence-electron chi connectivity index (χ3n) is 2.92. The number of hydrogen-bond donors (Lipinski definition) is 0. The van der Waals surface area contributed by atoms with E-state index < -0.39 is 5.97 Å². The summed E-state index contributed by atoms with van der Waals surface area (Å²) in [6.07, 6.45) is 1.64. The SMILES string of the molecule is O=C1ON=C(c2ccccc2)/C1=C/c1ccc(F)cc1. The lowest BCUT2D eigenvalue weighted by atomic mass is 10.0. The fourth-order valence-corrected chi connectivity index (χ4v) is 1.94. The zero-order valence-electron chi connectivity index (χ0n) is 10.4. The molecule has 0 unspecified atom stereocenters. The Balaban J connectivity index is 2.00. The molecule has 1 heterocycles. The van der Waals surface area contributed by atoms with Gasteiger partial charge in [0.25, 0.3) is 0 Å². The van der Waals surface area contributed by atoms with Crippen molar-refractivity contribution >= 4 is 17.8 Å². The monoisotopic (exact) mass is 267 g/mol. The zero-order valence-corrected chi connectivity index (χ0v) is 10.4. The van der Waals surface area contributed by atoms with E-state index in [2.05, 4.69) is 5.16 Å². The Morgan fingerprint density at radius 1 is 1.00 bits per heavy atom. The normalized spacial score (nSPS) is 16.1. The third kappa shape index (κ3) is 2.36. The first-order chi connectivity index (χ1) is 9.74. The van der Waals surface area contributed by atoms with Crippen molar-refractivity contribution in [2.75, 3.05) is 0 Å². The molecule has 0 saturated carbocycles. The van der Waals surface area contributed by atoms with Crippen LogP contribution in [0.4, 0.5) is 4.39 Å². The van der Waals surface area contributed by atoms with E-state index in [0.717, 1.165) is 5.56 Å². The van der Waals surface area contributed by atoms with Crippen LogP contribution in [0, 0.1) is 5.82 Å². The quantitative estimate of drug-likeness (QED) is 0.619. The van der Waals surface area contributed by atoms with Crippen LogP contribution in [-0.4, -0.2) is 11.7 Å². The number of carbonyl (C=O) groups is 1. The first-order valence-corrected chi connectivity index (χ1v) is 6.06. The van der Waals surface area contributed by atoms with E-state index in [1.165, 1.54) is 12.1 Å². The molecule has 0 spiro atoms. The van der Waals surface area contributed by atoms with Crippen LogP contribution in [0.25, 0.3) is 6.08 Å². The lowest BCUT2D eigenvalue weighted by Crippen LogP contribution is -2.06. The molecule has 0 amide bonds. The average molecular weight is 267 g/mol. The molecule has 3 nitrogen and oxygen atoms in total. The molecular formula is C16H10FNO2. The highest BCUT2D eigenvalue weighted by Crippen LogP contribution is 2.20. The van der Waals surface area contributed by atoms with E-state index in [1.807, 2.05) is 30.3 Å². The lowest BCUT2D eigenvalue weighted by Gasteiger charge is -2.00. The topological polar surface area (TPSA) is 38.7 Å². The number of rotatable bonds is 2. The van der Waals surface area contributed by atoms with Gasteiger partial charge in [-0.3, -0.25) is 0 Å². The fourth-order valence-electron chi connectivity index (χ4n) is 1.94. The molecule has 3 rings (SSSR count). The number of carbonyl (C=O) groups excluding carboxylic acids is 1. The highest BCUT2D eigenvalue weighted by atomic mass is 19.1. The summed E-state index contributed by atoms with van der Waals surface area (Å²) in [5.74, 6) is -0.828. The summed E-state index contributed by atoms with van der Waals surface area (Å²) < 4.78 is 12.9. The molecule has 2 aromatic carbocycles. The van der Waals surface area contributed by atoms with Gasteiger partial charge in [-0.2, -0.15) is 0 Å². The largest absolute Gasteiger partial charge is 0.368 e. The summed E-state index contributed by atoms with van der Waals surface area (Å²) in [4.78, 5) is 16.5. The summed E-state index contributed by atoms with van der Waals surface area (Å²) in [6, 6.07) is 15.2. The Morgan fingerprint density at radius 3 is 2.40 bits per heavy atom. The van der Waals surface area contributed by atoms with E-state index in [-0.39, 0.29) is 5.82 Å². The molecule has 0 N–H and O–H groups in total. The fraction of sp³-hybridized carbons (Fsp3) is 0. The minimum absolute atomic E-state index is 0.321. The average Bonchev–Trinajstić information content (AvgIpc) is 2.84. The molecular weight excluding hydrogens is 257 g/mol. The van der Waals surface area contributed by atoms with Crippen LogP contribution in [0.3, 0.4) is 0 Å². The smallest absolute Gasteiger partial charge is 0.312 e. The lowest BCUT2D eigenvalue weighted by molar-refractivity contribution is -0.136. The summed E-state index contributed by atoms with van der Waals surface area (Å²) >= 11 is 0. The molecule has 0 aromatic heterocycles. The standard InChI is InChI=1S/C16H10FNO2/c17-13-8-6-11(7-9-13)10-14-15(18-20-16(14)19)12-4-2-1-3-5-12/h1-10H/b14-10-. The number of benzene rings is 2. The molecule has 0 aliphatic carbocycles. The Morgan fingerprint density at radius 2 is 1.70 bits per heavy atom. The molecule has 1 aliphatic rings. The third-order valence-corrected chi connectivity index (χ3v) is 2.92. The van der Waals surface area contributed by atoms with Crippen LogP contribution in [-0.2, 0) is 9.63 Å². The molecule has 2 aromatic rings. The molecule has 0 fully saturated rings.